The first-order valence-electron chi connectivity index (χ1n) is 10.9. The minimum atomic E-state index is -1.22. The summed E-state index contributed by atoms with van der Waals surface area (Å²) in [6.07, 6.45) is 12.2. The van der Waals surface area contributed by atoms with Gasteiger partial charge in [-0.25, -0.2) is 4.79 Å². The fourth-order valence-corrected chi connectivity index (χ4v) is 3.64. The predicted molar refractivity (Wildman–Crippen MR) is 113 cm³/mol. The topological polar surface area (TPSA) is 87.0 Å². The van der Waals surface area contributed by atoms with E-state index in [0.29, 0.717) is 25.0 Å². The van der Waals surface area contributed by atoms with E-state index in [9.17, 15) is 20.1 Å². The molecule has 0 saturated heterocycles. The number of aromatic carboxylic acids is 1. The van der Waals surface area contributed by atoms with Crippen molar-refractivity contribution in [3.05, 3.63) is 16.7 Å². The van der Waals surface area contributed by atoms with Crippen molar-refractivity contribution in [3.63, 3.8) is 0 Å². The van der Waals surface area contributed by atoms with Gasteiger partial charge in [-0.05, 0) is 24.8 Å². The van der Waals surface area contributed by atoms with Crippen molar-refractivity contribution in [1.29, 1.82) is 0 Å². The molecule has 160 valence electrons. The Labute approximate surface area is 169 Å². The van der Waals surface area contributed by atoms with Gasteiger partial charge in [-0.3, -0.25) is 0 Å². The van der Waals surface area contributed by atoms with Crippen molar-refractivity contribution >= 4 is 5.97 Å². The third kappa shape index (κ3) is 6.92. The van der Waals surface area contributed by atoms with E-state index in [1.54, 1.807) is 0 Å². The summed E-state index contributed by atoms with van der Waals surface area (Å²) in [5.41, 5.74) is 1.11. The quantitative estimate of drug-likeness (QED) is 0.243. The minimum absolute atomic E-state index is 0.192. The highest BCUT2D eigenvalue weighted by Crippen LogP contribution is 2.45. The molecule has 5 nitrogen and oxygen atoms in total. The van der Waals surface area contributed by atoms with Crippen LogP contribution in [0.25, 0.3) is 0 Å². The van der Waals surface area contributed by atoms with Crippen LogP contribution in [0.2, 0.25) is 0 Å². The zero-order chi connectivity index (χ0) is 20.9. The third-order valence-corrected chi connectivity index (χ3v) is 5.07. The summed E-state index contributed by atoms with van der Waals surface area (Å²) < 4.78 is 5.87. The lowest BCUT2D eigenvalue weighted by Crippen LogP contribution is -2.10. The number of rotatable bonds is 15. The first kappa shape index (κ1) is 24.1. The van der Waals surface area contributed by atoms with Gasteiger partial charge in [0.1, 0.15) is 5.56 Å². The fourth-order valence-electron chi connectivity index (χ4n) is 3.64. The van der Waals surface area contributed by atoms with E-state index in [-0.39, 0.29) is 11.3 Å². The van der Waals surface area contributed by atoms with Crippen molar-refractivity contribution in [2.75, 3.05) is 6.61 Å². The standard InChI is InChI=1S/C23H38O5/c1-4-7-8-9-10-11-12-13-16-28-22-18(15-6-3)17(14-5-2)19(23(26)27)20(24)21(22)25/h24-25H,4-16H2,1-3H3,(H,26,27). The number of carboxylic acid groups (broad SMARTS) is 1. The van der Waals surface area contributed by atoms with Gasteiger partial charge in [-0.2, -0.15) is 0 Å². The smallest absolute Gasteiger partial charge is 0.339 e. The van der Waals surface area contributed by atoms with Gasteiger partial charge in [0.25, 0.3) is 0 Å². The zero-order valence-corrected chi connectivity index (χ0v) is 17.9. The summed E-state index contributed by atoms with van der Waals surface area (Å²) >= 11 is 0. The summed E-state index contributed by atoms with van der Waals surface area (Å²) in [7, 11) is 0. The molecule has 0 aliphatic heterocycles. The Morgan fingerprint density at radius 2 is 1.29 bits per heavy atom. The van der Waals surface area contributed by atoms with Crippen molar-refractivity contribution in [2.45, 2.75) is 97.8 Å². The Kier molecular flexibility index (Phi) is 11.5. The van der Waals surface area contributed by atoms with E-state index in [0.717, 1.165) is 31.2 Å². The van der Waals surface area contributed by atoms with Crippen LogP contribution in [0.4, 0.5) is 0 Å². The first-order chi connectivity index (χ1) is 13.5. The van der Waals surface area contributed by atoms with Crippen LogP contribution < -0.4 is 4.74 Å². The molecule has 0 aliphatic carbocycles. The third-order valence-electron chi connectivity index (χ3n) is 5.07. The molecule has 3 N–H and O–H groups in total. The normalized spacial score (nSPS) is 11.0. The molecule has 0 amide bonds. The van der Waals surface area contributed by atoms with Gasteiger partial charge in [0.2, 0.25) is 5.75 Å². The number of unbranched alkanes of at least 4 members (excludes halogenated alkanes) is 7. The SMILES string of the molecule is CCCCCCCCCCOc1c(O)c(O)c(C(=O)O)c(CCC)c1CCC. The van der Waals surface area contributed by atoms with Crippen LogP contribution in [0, 0.1) is 0 Å². The van der Waals surface area contributed by atoms with E-state index in [4.69, 9.17) is 4.74 Å². The van der Waals surface area contributed by atoms with Crippen LogP contribution >= 0.6 is 0 Å². The maximum Gasteiger partial charge on any atom is 0.339 e. The second kappa shape index (κ2) is 13.3. The lowest BCUT2D eigenvalue weighted by Gasteiger charge is -2.20. The zero-order valence-electron chi connectivity index (χ0n) is 17.9. The van der Waals surface area contributed by atoms with E-state index in [1.165, 1.54) is 38.5 Å². The van der Waals surface area contributed by atoms with Gasteiger partial charge in [0.15, 0.2) is 11.5 Å². The molecule has 0 heterocycles. The summed E-state index contributed by atoms with van der Waals surface area (Å²) in [6, 6.07) is 0. The molecule has 5 heteroatoms. The van der Waals surface area contributed by atoms with Gasteiger partial charge in [0, 0.05) is 5.56 Å². The Balaban J connectivity index is 2.83. The van der Waals surface area contributed by atoms with E-state index in [2.05, 4.69) is 6.92 Å². The van der Waals surface area contributed by atoms with Crippen LogP contribution in [0.5, 0.6) is 17.2 Å². The van der Waals surface area contributed by atoms with Crippen LogP contribution in [0.3, 0.4) is 0 Å². The highest BCUT2D eigenvalue weighted by molar-refractivity contribution is 5.95. The molecule has 0 unspecified atom stereocenters. The second-order valence-corrected chi connectivity index (χ2v) is 7.49. The Bertz CT molecular complexity index is 610. The van der Waals surface area contributed by atoms with E-state index in [1.807, 2.05) is 13.8 Å². The molecule has 1 aromatic rings. The number of phenolic OH excluding ortho intramolecular Hbond substituents is 1. The van der Waals surface area contributed by atoms with Crippen LogP contribution in [0.15, 0.2) is 0 Å². The fraction of sp³-hybridized carbons (Fsp3) is 0.696. The lowest BCUT2D eigenvalue weighted by molar-refractivity contribution is 0.0691. The van der Waals surface area contributed by atoms with Crippen molar-refractivity contribution < 1.29 is 24.9 Å². The Hall–Kier alpha value is -1.91. The maximum atomic E-state index is 11.7. The molecule has 0 saturated carbocycles. The molecule has 0 atom stereocenters. The van der Waals surface area contributed by atoms with Gasteiger partial charge >= 0.3 is 5.97 Å². The summed E-state index contributed by atoms with van der Waals surface area (Å²) in [5, 5.41) is 30.2. The summed E-state index contributed by atoms with van der Waals surface area (Å²) in [4.78, 5) is 11.7. The Morgan fingerprint density at radius 3 is 1.82 bits per heavy atom. The monoisotopic (exact) mass is 394 g/mol. The molecule has 28 heavy (non-hydrogen) atoms. The molecular formula is C23H38O5. The molecule has 0 fully saturated rings. The summed E-state index contributed by atoms with van der Waals surface area (Å²) in [5.74, 6) is -1.99. The van der Waals surface area contributed by atoms with Crippen molar-refractivity contribution in [2.24, 2.45) is 0 Å². The second-order valence-electron chi connectivity index (χ2n) is 7.49. The number of carbonyl (C=O) groups is 1. The van der Waals surface area contributed by atoms with Gasteiger partial charge < -0.3 is 20.1 Å². The van der Waals surface area contributed by atoms with Crippen molar-refractivity contribution in [1.82, 2.24) is 0 Å². The minimum Gasteiger partial charge on any atom is -0.504 e. The van der Waals surface area contributed by atoms with Gasteiger partial charge in [0.05, 0.1) is 6.61 Å². The van der Waals surface area contributed by atoms with E-state index >= 15 is 0 Å². The number of hydrogen-bond acceptors (Lipinski definition) is 4. The first-order valence-corrected chi connectivity index (χ1v) is 10.9. The maximum absolute atomic E-state index is 11.7. The molecule has 1 aromatic carbocycles. The molecule has 1 rings (SSSR count). The number of benzene rings is 1. The molecule has 0 aliphatic rings. The van der Waals surface area contributed by atoms with Crippen molar-refractivity contribution in [3.8, 4) is 17.2 Å². The number of aromatic hydroxyl groups is 2. The molecule has 0 radical (unpaired) electrons. The molecule has 0 bridgehead atoms. The van der Waals surface area contributed by atoms with Crippen LogP contribution in [-0.2, 0) is 12.8 Å². The molecule has 0 spiro atoms. The molecular weight excluding hydrogens is 356 g/mol. The predicted octanol–water partition coefficient (Wildman–Crippen LogP) is 6.22. The number of phenols is 2. The summed E-state index contributed by atoms with van der Waals surface area (Å²) in [6.45, 7) is 6.64. The number of carboxylic acids is 1. The average molecular weight is 395 g/mol. The van der Waals surface area contributed by atoms with E-state index < -0.39 is 17.5 Å². The van der Waals surface area contributed by atoms with Crippen LogP contribution in [0.1, 0.15) is 106 Å². The average Bonchev–Trinajstić information content (AvgIpc) is 2.66. The highest BCUT2D eigenvalue weighted by atomic mass is 16.5. The largest absolute Gasteiger partial charge is 0.504 e. The van der Waals surface area contributed by atoms with Gasteiger partial charge in [-0.1, -0.05) is 78.6 Å². The van der Waals surface area contributed by atoms with Gasteiger partial charge in [-0.15, -0.1) is 0 Å². The van der Waals surface area contributed by atoms with Crippen LogP contribution in [-0.4, -0.2) is 27.9 Å². The lowest BCUT2D eigenvalue weighted by atomic mass is 9.92. The number of ether oxygens (including phenoxy) is 1. The molecule has 0 aromatic heterocycles. The highest BCUT2D eigenvalue weighted by Gasteiger charge is 2.27. The number of hydrogen-bond donors (Lipinski definition) is 3. The Morgan fingerprint density at radius 1 is 0.750 bits per heavy atom.